The molecule has 0 aliphatic carbocycles. The van der Waals surface area contributed by atoms with Crippen molar-refractivity contribution in [1.29, 1.82) is 0 Å². The molecule has 19 heavy (non-hydrogen) atoms. The predicted octanol–water partition coefficient (Wildman–Crippen LogP) is 1.27. The highest BCUT2D eigenvalue weighted by molar-refractivity contribution is 5.75. The summed E-state index contributed by atoms with van der Waals surface area (Å²) in [6.45, 7) is 3.57. The highest BCUT2D eigenvalue weighted by atomic mass is 16.5. The SMILES string of the molecule is COc1cc2c(cc1OC)C(C)(O)N(C(C)=O)CC2. The van der Waals surface area contributed by atoms with Crippen LogP contribution in [0, 0.1) is 0 Å². The van der Waals surface area contributed by atoms with Gasteiger partial charge in [0.1, 0.15) is 0 Å². The number of carbonyl (C=O) groups is 1. The zero-order valence-electron chi connectivity index (χ0n) is 11.7. The van der Waals surface area contributed by atoms with Crippen molar-refractivity contribution >= 4 is 5.91 Å². The normalized spacial score (nSPS) is 21.8. The van der Waals surface area contributed by atoms with E-state index in [1.165, 1.54) is 11.8 Å². The summed E-state index contributed by atoms with van der Waals surface area (Å²) in [6.07, 6.45) is 0.686. The predicted molar refractivity (Wildman–Crippen MR) is 70.2 cm³/mol. The van der Waals surface area contributed by atoms with Crippen molar-refractivity contribution in [1.82, 2.24) is 4.90 Å². The number of ether oxygens (including phenoxy) is 2. The molecule has 2 rings (SSSR count). The van der Waals surface area contributed by atoms with Crippen LogP contribution in [-0.4, -0.2) is 36.7 Å². The van der Waals surface area contributed by atoms with Crippen LogP contribution in [0.15, 0.2) is 12.1 Å². The molecule has 1 amide bonds. The molecule has 1 N–H and O–H groups in total. The molecule has 0 fully saturated rings. The van der Waals surface area contributed by atoms with Crippen LogP contribution in [0.3, 0.4) is 0 Å². The maximum atomic E-state index is 11.6. The molecule has 1 aliphatic heterocycles. The topological polar surface area (TPSA) is 59.0 Å². The van der Waals surface area contributed by atoms with Gasteiger partial charge >= 0.3 is 0 Å². The van der Waals surface area contributed by atoms with Gasteiger partial charge in [-0.2, -0.15) is 0 Å². The lowest BCUT2D eigenvalue weighted by molar-refractivity contribution is -0.158. The maximum absolute atomic E-state index is 11.6. The molecule has 0 saturated carbocycles. The third kappa shape index (κ3) is 2.14. The fourth-order valence-corrected chi connectivity index (χ4v) is 2.63. The number of aliphatic hydroxyl groups is 1. The van der Waals surface area contributed by atoms with Crippen molar-refractivity contribution in [3.8, 4) is 11.5 Å². The quantitative estimate of drug-likeness (QED) is 0.875. The first-order valence-corrected chi connectivity index (χ1v) is 6.17. The summed E-state index contributed by atoms with van der Waals surface area (Å²) in [4.78, 5) is 13.1. The van der Waals surface area contributed by atoms with Crippen LogP contribution >= 0.6 is 0 Å². The number of hydrogen-bond acceptors (Lipinski definition) is 4. The molecule has 0 spiro atoms. The van der Waals surface area contributed by atoms with E-state index < -0.39 is 5.72 Å². The second-order valence-corrected chi connectivity index (χ2v) is 4.81. The Morgan fingerprint density at radius 2 is 1.89 bits per heavy atom. The van der Waals surface area contributed by atoms with Crippen LogP contribution in [0.2, 0.25) is 0 Å². The Kier molecular flexibility index (Phi) is 3.41. The number of hydrogen-bond donors (Lipinski definition) is 1. The number of carbonyl (C=O) groups excluding carboxylic acids is 1. The number of rotatable bonds is 2. The van der Waals surface area contributed by atoms with E-state index in [1.807, 2.05) is 6.07 Å². The van der Waals surface area contributed by atoms with E-state index >= 15 is 0 Å². The minimum atomic E-state index is -1.32. The van der Waals surface area contributed by atoms with E-state index in [0.29, 0.717) is 30.0 Å². The Bertz CT molecular complexity index is 510. The van der Waals surface area contributed by atoms with E-state index in [0.717, 1.165) is 5.56 Å². The van der Waals surface area contributed by atoms with Gasteiger partial charge < -0.3 is 19.5 Å². The molecule has 5 heteroatoms. The monoisotopic (exact) mass is 265 g/mol. The van der Waals surface area contributed by atoms with E-state index in [2.05, 4.69) is 0 Å². The number of amides is 1. The Morgan fingerprint density at radius 3 is 2.42 bits per heavy atom. The van der Waals surface area contributed by atoms with Gasteiger partial charge in [0.15, 0.2) is 17.2 Å². The van der Waals surface area contributed by atoms with Crippen LogP contribution < -0.4 is 9.47 Å². The fraction of sp³-hybridized carbons (Fsp3) is 0.500. The number of methoxy groups -OCH3 is 2. The van der Waals surface area contributed by atoms with Gasteiger partial charge in [0, 0.05) is 19.0 Å². The molecule has 0 radical (unpaired) electrons. The third-order valence-corrected chi connectivity index (χ3v) is 3.63. The van der Waals surface area contributed by atoms with E-state index in [1.54, 1.807) is 27.2 Å². The Labute approximate surface area is 112 Å². The van der Waals surface area contributed by atoms with E-state index in [-0.39, 0.29) is 5.91 Å². The van der Waals surface area contributed by atoms with Gasteiger partial charge in [0.25, 0.3) is 0 Å². The molecule has 104 valence electrons. The molecule has 1 aromatic rings. The summed E-state index contributed by atoms with van der Waals surface area (Å²) < 4.78 is 10.5. The van der Waals surface area contributed by atoms with Crippen molar-refractivity contribution in [3.05, 3.63) is 23.3 Å². The minimum absolute atomic E-state index is 0.148. The van der Waals surface area contributed by atoms with Crippen molar-refractivity contribution in [2.24, 2.45) is 0 Å². The fourth-order valence-electron chi connectivity index (χ4n) is 2.63. The van der Waals surface area contributed by atoms with Crippen molar-refractivity contribution in [2.45, 2.75) is 26.0 Å². The average Bonchev–Trinajstić information content (AvgIpc) is 2.36. The van der Waals surface area contributed by atoms with Gasteiger partial charge in [0.2, 0.25) is 5.91 Å². The summed E-state index contributed by atoms with van der Waals surface area (Å²) in [5, 5.41) is 10.6. The minimum Gasteiger partial charge on any atom is -0.493 e. The standard InChI is InChI=1S/C14H19NO4/c1-9(16)15-6-5-10-7-12(18-3)13(19-4)8-11(10)14(15,2)17/h7-8,17H,5-6H2,1-4H3. The Hall–Kier alpha value is -1.75. The lowest BCUT2D eigenvalue weighted by atomic mass is 9.90. The first kappa shape index (κ1) is 13.7. The van der Waals surface area contributed by atoms with Crippen LogP contribution in [0.1, 0.15) is 25.0 Å². The molecule has 0 bridgehead atoms. The molecule has 1 unspecified atom stereocenters. The van der Waals surface area contributed by atoms with Gasteiger partial charge in [-0.25, -0.2) is 0 Å². The zero-order chi connectivity index (χ0) is 14.2. The van der Waals surface area contributed by atoms with Gasteiger partial charge in [-0.1, -0.05) is 0 Å². The number of nitrogens with zero attached hydrogens (tertiary/aromatic N) is 1. The summed E-state index contributed by atoms with van der Waals surface area (Å²) in [5.41, 5.74) is 0.339. The number of benzene rings is 1. The van der Waals surface area contributed by atoms with Crippen molar-refractivity contribution in [3.63, 3.8) is 0 Å². The molecule has 1 atom stereocenters. The summed E-state index contributed by atoms with van der Waals surface area (Å²) in [5.74, 6) is 1.03. The molecular weight excluding hydrogens is 246 g/mol. The summed E-state index contributed by atoms with van der Waals surface area (Å²) in [6, 6.07) is 3.60. The summed E-state index contributed by atoms with van der Waals surface area (Å²) in [7, 11) is 3.12. The average molecular weight is 265 g/mol. The van der Waals surface area contributed by atoms with Crippen molar-refractivity contribution < 1.29 is 19.4 Å². The van der Waals surface area contributed by atoms with Crippen LogP contribution in [0.5, 0.6) is 11.5 Å². The lowest BCUT2D eigenvalue weighted by Gasteiger charge is -2.42. The summed E-state index contributed by atoms with van der Waals surface area (Å²) >= 11 is 0. The Morgan fingerprint density at radius 1 is 1.32 bits per heavy atom. The smallest absolute Gasteiger partial charge is 0.221 e. The van der Waals surface area contributed by atoms with Crippen LogP contribution in [0.25, 0.3) is 0 Å². The van der Waals surface area contributed by atoms with E-state index in [9.17, 15) is 9.90 Å². The molecule has 0 saturated heterocycles. The van der Waals surface area contributed by atoms with Gasteiger partial charge in [-0.15, -0.1) is 0 Å². The molecule has 1 heterocycles. The lowest BCUT2D eigenvalue weighted by Crippen LogP contribution is -2.50. The second-order valence-electron chi connectivity index (χ2n) is 4.81. The first-order chi connectivity index (χ1) is 8.91. The van der Waals surface area contributed by atoms with Gasteiger partial charge in [-0.3, -0.25) is 4.79 Å². The number of fused-ring (bicyclic) bond motifs is 1. The maximum Gasteiger partial charge on any atom is 0.221 e. The second kappa shape index (κ2) is 4.74. The molecule has 5 nitrogen and oxygen atoms in total. The zero-order valence-corrected chi connectivity index (χ0v) is 11.7. The van der Waals surface area contributed by atoms with Crippen molar-refractivity contribution in [2.75, 3.05) is 20.8 Å². The van der Waals surface area contributed by atoms with Gasteiger partial charge in [-0.05, 0) is 31.0 Å². The molecule has 0 aromatic heterocycles. The highest BCUT2D eigenvalue weighted by Gasteiger charge is 2.39. The Balaban J connectivity index is 2.56. The molecule has 1 aliphatic rings. The first-order valence-electron chi connectivity index (χ1n) is 6.17. The van der Waals surface area contributed by atoms with Gasteiger partial charge in [0.05, 0.1) is 14.2 Å². The highest BCUT2D eigenvalue weighted by Crippen LogP contribution is 2.39. The van der Waals surface area contributed by atoms with E-state index in [4.69, 9.17) is 9.47 Å². The molecular formula is C14H19NO4. The third-order valence-electron chi connectivity index (χ3n) is 3.63. The molecule has 1 aromatic carbocycles. The van der Waals surface area contributed by atoms with Crippen LogP contribution in [0.4, 0.5) is 0 Å². The largest absolute Gasteiger partial charge is 0.493 e. The van der Waals surface area contributed by atoms with Crippen LogP contribution in [-0.2, 0) is 16.9 Å².